The van der Waals surface area contributed by atoms with Crippen LogP contribution in [-0.4, -0.2) is 38.5 Å². The molecule has 0 heterocycles. The largest absolute Gasteiger partial charge is 0.494 e. The van der Waals surface area contributed by atoms with Crippen molar-refractivity contribution >= 4 is 10.0 Å². The minimum Gasteiger partial charge on any atom is -0.494 e. The van der Waals surface area contributed by atoms with E-state index in [9.17, 15) is 8.42 Å². The highest BCUT2D eigenvalue weighted by atomic mass is 32.2. The first kappa shape index (κ1) is 15.3. The van der Waals surface area contributed by atoms with Crippen molar-refractivity contribution in [3.05, 3.63) is 24.3 Å². The number of ether oxygens (including phenoxy) is 1. The number of nitrogens with two attached hydrogens (primary N) is 1. The third-order valence-corrected chi connectivity index (χ3v) is 5.36. The van der Waals surface area contributed by atoms with Gasteiger partial charge in [-0.05, 0) is 50.1 Å². The highest BCUT2D eigenvalue weighted by Crippen LogP contribution is 2.32. The summed E-state index contributed by atoms with van der Waals surface area (Å²) >= 11 is 0. The Morgan fingerprint density at radius 3 is 2.45 bits per heavy atom. The van der Waals surface area contributed by atoms with E-state index in [0.717, 1.165) is 19.3 Å². The van der Waals surface area contributed by atoms with Gasteiger partial charge in [0, 0.05) is 12.6 Å². The smallest absolute Gasteiger partial charge is 0.243 e. The summed E-state index contributed by atoms with van der Waals surface area (Å²) in [4.78, 5) is 0.331. The lowest BCUT2D eigenvalue weighted by Gasteiger charge is -2.20. The second-order valence-corrected chi connectivity index (χ2v) is 6.79. The maximum Gasteiger partial charge on any atom is 0.243 e. The lowest BCUT2D eigenvalue weighted by molar-refractivity contribution is 0.313. The van der Waals surface area contributed by atoms with Gasteiger partial charge in [0.1, 0.15) is 5.75 Å². The number of hydrogen-bond donors (Lipinski definition) is 1. The monoisotopic (exact) mass is 298 g/mol. The van der Waals surface area contributed by atoms with Gasteiger partial charge in [-0.2, -0.15) is 4.31 Å². The molecule has 20 heavy (non-hydrogen) atoms. The summed E-state index contributed by atoms with van der Waals surface area (Å²) in [6.07, 6.45) is 2.71. The Hall–Kier alpha value is -1.11. The fraction of sp³-hybridized carbons (Fsp3) is 0.571. The molecule has 0 aromatic heterocycles. The van der Waals surface area contributed by atoms with Gasteiger partial charge >= 0.3 is 0 Å². The zero-order chi connectivity index (χ0) is 14.6. The van der Waals surface area contributed by atoms with Gasteiger partial charge in [-0.1, -0.05) is 6.92 Å². The van der Waals surface area contributed by atoms with E-state index in [0.29, 0.717) is 30.3 Å². The Balaban J connectivity index is 2.08. The predicted octanol–water partition coefficient (Wildman–Crippen LogP) is 1.59. The van der Waals surface area contributed by atoms with E-state index in [-0.39, 0.29) is 6.04 Å². The van der Waals surface area contributed by atoms with Crippen LogP contribution >= 0.6 is 0 Å². The van der Waals surface area contributed by atoms with Crippen molar-refractivity contribution in [2.45, 2.75) is 37.1 Å². The first-order chi connectivity index (χ1) is 9.59. The maximum atomic E-state index is 12.5. The van der Waals surface area contributed by atoms with E-state index in [1.54, 1.807) is 28.6 Å². The first-order valence-electron chi connectivity index (χ1n) is 7.04. The van der Waals surface area contributed by atoms with Crippen molar-refractivity contribution in [1.29, 1.82) is 0 Å². The van der Waals surface area contributed by atoms with Gasteiger partial charge < -0.3 is 10.5 Å². The maximum absolute atomic E-state index is 12.5. The van der Waals surface area contributed by atoms with Crippen molar-refractivity contribution in [2.24, 2.45) is 5.73 Å². The second kappa shape index (κ2) is 6.56. The summed E-state index contributed by atoms with van der Waals surface area (Å²) in [5.41, 5.74) is 5.39. The van der Waals surface area contributed by atoms with E-state index in [1.165, 1.54) is 0 Å². The van der Waals surface area contributed by atoms with Crippen LogP contribution < -0.4 is 10.5 Å². The van der Waals surface area contributed by atoms with E-state index in [4.69, 9.17) is 10.5 Å². The van der Waals surface area contributed by atoms with Crippen LogP contribution in [0.2, 0.25) is 0 Å². The van der Waals surface area contributed by atoms with Crippen molar-refractivity contribution in [1.82, 2.24) is 4.31 Å². The fourth-order valence-corrected chi connectivity index (χ4v) is 3.80. The average Bonchev–Trinajstić information content (AvgIpc) is 3.25. The van der Waals surface area contributed by atoms with Crippen LogP contribution in [0.1, 0.15) is 26.2 Å². The van der Waals surface area contributed by atoms with Gasteiger partial charge in [0.25, 0.3) is 0 Å². The summed E-state index contributed by atoms with van der Waals surface area (Å²) in [6.45, 7) is 3.52. The molecule has 0 spiro atoms. The molecule has 1 aliphatic carbocycles. The average molecular weight is 298 g/mol. The normalized spacial score (nSPS) is 15.6. The molecular weight excluding hydrogens is 276 g/mol. The summed E-state index contributed by atoms with van der Waals surface area (Å²) in [5.74, 6) is 0.673. The number of hydrogen-bond acceptors (Lipinski definition) is 4. The summed E-state index contributed by atoms with van der Waals surface area (Å²) in [6, 6.07) is 6.80. The minimum absolute atomic E-state index is 0.186. The van der Waals surface area contributed by atoms with Crippen LogP contribution in [0.4, 0.5) is 0 Å². The van der Waals surface area contributed by atoms with E-state index >= 15 is 0 Å². The van der Waals surface area contributed by atoms with Crippen LogP contribution in [-0.2, 0) is 10.0 Å². The Bertz CT molecular complexity index is 524. The molecule has 2 rings (SSSR count). The molecule has 0 amide bonds. The molecule has 0 aliphatic heterocycles. The Morgan fingerprint density at radius 1 is 1.30 bits per heavy atom. The molecule has 5 nitrogen and oxygen atoms in total. The summed E-state index contributed by atoms with van der Waals surface area (Å²) < 4.78 is 32.0. The van der Waals surface area contributed by atoms with Crippen molar-refractivity contribution in [2.75, 3.05) is 19.7 Å². The highest BCUT2D eigenvalue weighted by molar-refractivity contribution is 7.89. The fourth-order valence-electron chi connectivity index (χ4n) is 2.10. The lowest BCUT2D eigenvalue weighted by Crippen LogP contribution is -2.32. The predicted molar refractivity (Wildman–Crippen MR) is 78.2 cm³/mol. The van der Waals surface area contributed by atoms with E-state index < -0.39 is 10.0 Å². The number of rotatable bonds is 8. The van der Waals surface area contributed by atoms with Crippen molar-refractivity contribution < 1.29 is 13.2 Å². The van der Waals surface area contributed by atoms with Crippen molar-refractivity contribution in [3.63, 3.8) is 0 Å². The molecule has 112 valence electrons. The third-order valence-electron chi connectivity index (χ3n) is 3.31. The quantitative estimate of drug-likeness (QED) is 0.740. The molecule has 2 N–H and O–H groups in total. The van der Waals surface area contributed by atoms with Gasteiger partial charge in [-0.15, -0.1) is 0 Å². The molecule has 0 unspecified atom stereocenters. The Labute approximate surface area is 120 Å². The Morgan fingerprint density at radius 2 is 1.95 bits per heavy atom. The summed E-state index contributed by atoms with van der Waals surface area (Å²) in [7, 11) is -3.37. The molecule has 1 aromatic rings. The molecule has 0 atom stereocenters. The van der Waals surface area contributed by atoms with Gasteiger partial charge in [-0.25, -0.2) is 8.42 Å². The van der Waals surface area contributed by atoms with Gasteiger partial charge in [0.15, 0.2) is 0 Å². The second-order valence-electron chi connectivity index (χ2n) is 4.90. The van der Waals surface area contributed by atoms with Gasteiger partial charge in [0.05, 0.1) is 11.5 Å². The Kier molecular flexibility index (Phi) is 5.01. The molecular formula is C14H22N2O3S. The van der Waals surface area contributed by atoms with Crippen molar-refractivity contribution in [3.8, 4) is 5.75 Å². The third kappa shape index (κ3) is 3.50. The van der Waals surface area contributed by atoms with E-state index in [1.807, 2.05) is 6.92 Å². The van der Waals surface area contributed by atoms with Crippen LogP contribution in [0.25, 0.3) is 0 Å². The number of sulfonamides is 1. The SMILES string of the molecule is CCN(C1CC1)S(=O)(=O)c1ccc(OCCCN)cc1. The molecule has 0 saturated heterocycles. The minimum atomic E-state index is -3.37. The molecule has 1 saturated carbocycles. The van der Waals surface area contributed by atoms with Gasteiger partial charge in [-0.3, -0.25) is 0 Å². The molecule has 1 aromatic carbocycles. The highest BCUT2D eigenvalue weighted by Gasteiger charge is 2.36. The van der Waals surface area contributed by atoms with Crippen LogP contribution in [0, 0.1) is 0 Å². The zero-order valence-electron chi connectivity index (χ0n) is 11.8. The number of nitrogens with zero attached hydrogens (tertiary/aromatic N) is 1. The van der Waals surface area contributed by atoms with Crippen LogP contribution in [0.3, 0.4) is 0 Å². The molecule has 0 bridgehead atoms. The topological polar surface area (TPSA) is 72.6 Å². The zero-order valence-corrected chi connectivity index (χ0v) is 12.6. The molecule has 1 fully saturated rings. The van der Waals surface area contributed by atoms with E-state index in [2.05, 4.69) is 0 Å². The van der Waals surface area contributed by atoms with Crippen LogP contribution in [0.15, 0.2) is 29.2 Å². The lowest BCUT2D eigenvalue weighted by atomic mass is 10.3. The molecule has 0 radical (unpaired) electrons. The molecule has 6 heteroatoms. The molecule has 1 aliphatic rings. The van der Waals surface area contributed by atoms with Crippen LogP contribution in [0.5, 0.6) is 5.75 Å². The summed E-state index contributed by atoms with van der Waals surface area (Å²) in [5, 5.41) is 0. The van der Waals surface area contributed by atoms with Gasteiger partial charge in [0.2, 0.25) is 10.0 Å². The number of benzene rings is 1. The standard InChI is InChI=1S/C14H22N2O3S/c1-2-16(12-4-5-12)20(17,18)14-8-6-13(7-9-14)19-11-3-10-15/h6-9,12H,2-5,10-11,15H2,1H3. The first-order valence-corrected chi connectivity index (χ1v) is 8.48.